The smallest absolute Gasteiger partial charge is 0.361 e. The van der Waals surface area contributed by atoms with Crippen LogP contribution in [0.5, 0.6) is 0 Å². The lowest BCUT2D eigenvalue weighted by Gasteiger charge is -2.25. The second-order valence-corrected chi connectivity index (χ2v) is 15.3. The molecule has 0 aliphatic heterocycles. The number of allylic oxidation sites excluding steroid dienone is 14. The monoisotopic (exact) mass is 799 g/mol. The van der Waals surface area contributed by atoms with Crippen LogP contribution in [0.3, 0.4) is 0 Å². The number of ether oxygens (including phenoxy) is 4. The third kappa shape index (κ3) is 40.5. The van der Waals surface area contributed by atoms with Crippen LogP contribution >= 0.6 is 0 Å². The molecule has 0 aliphatic carbocycles. The van der Waals surface area contributed by atoms with Gasteiger partial charge < -0.3 is 28.5 Å². The maximum atomic E-state index is 12.7. The van der Waals surface area contributed by atoms with Gasteiger partial charge in [0.1, 0.15) is 13.2 Å². The van der Waals surface area contributed by atoms with Gasteiger partial charge in [0.05, 0.1) is 34.4 Å². The van der Waals surface area contributed by atoms with E-state index in [9.17, 15) is 19.5 Å². The van der Waals surface area contributed by atoms with E-state index in [1.54, 1.807) is 0 Å². The summed E-state index contributed by atoms with van der Waals surface area (Å²) in [5.74, 6) is -2.09. The Morgan fingerprint density at radius 2 is 1.00 bits per heavy atom. The zero-order valence-corrected chi connectivity index (χ0v) is 36.5. The summed E-state index contributed by atoms with van der Waals surface area (Å²) in [5, 5.41) is 9.62. The van der Waals surface area contributed by atoms with Crippen molar-refractivity contribution in [2.45, 2.75) is 155 Å². The third-order valence-electron chi connectivity index (χ3n) is 8.62. The molecule has 2 atom stereocenters. The van der Waals surface area contributed by atoms with Crippen molar-refractivity contribution >= 4 is 17.9 Å². The molecular formula is C48H80NO8+. The number of aliphatic carboxylic acids is 1. The van der Waals surface area contributed by atoms with E-state index >= 15 is 0 Å². The summed E-state index contributed by atoms with van der Waals surface area (Å²) < 4.78 is 22.6. The van der Waals surface area contributed by atoms with Gasteiger partial charge in [-0.25, -0.2) is 4.79 Å². The quantitative estimate of drug-likeness (QED) is 0.0216. The average Bonchev–Trinajstić information content (AvgIpc) is 3.17. The van der Waals surface area contributed by atoms with Crippen molar-refractivity contribution in [3.63, 3.8) is 0 Å². The largest absolute Gasteiger partial charge is 0.477 e. The number of hydrogen-bond donors (Lipinski definition) is 1. The number of unbranched alkanes of at least 4 members (excludes halogenated alkanes) is 9. The number of carbonyl (C=O) groups is 3. The van der Waals surface area contributed by atoms with Gasteiger partial charge in [0.15, 0.2) is 6.10 Å². The zero-order chi connectivity index (χ0) is 42.1. The Bertz CT molecular complexity index is 1210. The van der Waals surface area contributed by atoms with E-state index in [1.165, 1.54) is 6.42 Å². The van der Waals surface area contributed by atoms with Crippen LogP contribution in [0, 0.1) is 0 Å². The number of rotatable bonds is 38. The third-order valence-corrected chi connectivity index (χ3v) is 8.62. The Morgan fingerprint density at radius 3 is 1.51 bits per heavy atom. The van der Waals surface area contributed by atoms with Crippen LogP contribution in [-0.2, 0) is 33.3 Å². The first-order valence-electron chi connectivity index (χ1n) is 21.8. The highest BCUT2D eigenvalue weighted by Gasteiger charge is 2.25. The van der Waals surface area contributed by atoms with Gasteiger partial charge in [0.25, 0.3) is 6.29 Å². The molecule has 0 aromatic rings. The molecule has 0 saturated carbocycles. The zero-order valence-electron chi connectivity index (χ0n) is 36.5. The van der Waals surface area contributed by atoms with Crippen LogP contribution in [0.15, 0.2) is 85.1 Å². The fraction of sp³-hybridized carbons (Fsp3) is 0.646. The number of nitrogens with zero attached hydrogens (tertiary/aromatic N) is 1. The molecule has 57 heavy (non-hydrogen) atoms. The lowest BCUT2D eigenvalue weighted by molar-refractivity contribution is -0.870. The van der Waals surface area contributed by atoms with Gasteiger partial charge in [-0.3, -0.25) is 9.59 Å². The van der Waals surface area contributed by atoms with Crippen molar-refractivity contribution in [2.75, 3.05) is 47.5 Å². The SMILES string of the molecule is CC/C=C\C/C=C\C/C=C\C/C=C\C/C=C\CCCCCC(=O)OC(COC(=O)CCCCCCC/C=C\C/C=C\CCC)COC(OCC[N+](C)(C)C)C(=O)O. The van der Waals surface area contributed by atoms with Gasteiger partial charge in [-0.1, -0.05) is 131 Å². The first kappa shape index (κ1) is 53.5. The maximum absolute atomic E-state index is 12.7. The van der Waals surface area contributed by atoms with Crippen LogP contribution in [0.1, 0.15) is 142 Å². The van der Waals surface area contributed by atoms with Gasteiger partial charge in [0.2, 0.25) is 0 Å². The Hall–Kier alpha value is -3.53. The van der Waals surface area contributed by atoms with Crippen molar-refractivity contribution in [1.29, 1.82) is 0 Å². The number of esters is 2. The highest BCUT2D eigenvalue weighted by Crippen LogP contribution is 2.11. The lowest BCUT2D eigenvalue weighted by Crippen LogP contribution is -2.40. The second kappa shape index (κ2) is 39.3. The van der Waals surface area contributed by atoms with Crippen LogP contribution < -0.4 is 0 Å². The normalized spacial score (nSPS) is 13.8. The fourth-order valence-electron chi connectivity index (χ4n) is 5.25. The fourth-order valence-corrected chi connectivity index (χ4v) is 5.25. The molecule has 0 rings (SSSR count). The minimum absolute atomic E-state index is 0.174. The summed E-state index contributed by atoms with van der Waals surface area (Å²) in [6, 6.07) is 0. The summed E-state index contributed by atoms with van der Waals surface area (Å²) >= 11 is 0. The summed E-state index contributed by atoms with van der Waals surface area (Å²) in [6.07, 6.45) is 46.4. The molecule has 1 N–H and O–H groups in total. The first-order chi connectivity index (χ1) is 27.6. The minimum atomic E-state index is -1.53. The van der Waals surface area contributed by atoms with E-state index in [4.69, 9.17) is 18.9 Å². The summed E-state index contributed by atoms with van der Waals surface area (Å²) in [5.41, 5.74) is 0. The molecule has 0 heterocycles. The topological polar surface area (TPSA) is 108 Å². The molecule has 0 radical (unpaired) electrons. The Balaban J connectivity index is 4.56. The molecule has 0 aromatic heterocycles. The summed E-state index contributed by atoms with van der Waals surface area (Å²) in [4.78, 5) is 37.1. The van der Waals surface area contributed by atoms with Gasteiger partial charge in [-0.15, -0.1) is 0 Å². The number of carbonyl (C=O) groups excluding carboxylic acids is 2. The number of hydrogen-bond acceptors (Lipinski definition) is 7. The van der Waals surface area contributed by atoms with Crippen molar-refractivity contribution < 1.29 is 42.9 Å². The van der Waals surface area contributed by atoms with Crippen molar-refractivity contribution in [3.8, 4) is 0 Å². The van der Waals surface area contributed by atoms with E-state index in [-0.39, 0.29) is 38.6 Å². The van der Waals surface area contributed by atoms with Crippen LogP contribution in [0.4, 0.5) is 0 Å². The molecular weight excluding hydrogens is 719 g/mol. The Kier molecular flexibility index (Phi) is 36.9. The maximum Gasteiger partial charge on any atom is 0.361 e. The van der Waals surface area contributed by atoms with Crippen molar-refractivity contribution in [3.05, 3.63) is 85.1 Å². The minimum Gasteiger partial charge on any atom is -0.477 e. The molecule has 0 amide bonds. The second-order valence-electron chi connectivity index (χ2n) is 15.3. The molecule has 2 unspecified atom stereocenters. The molecule has 0 aromatic carbocycles. The highest BCUT2D eigenvalue weighted by molar-refractivity contribution is 5.71. The van der Waals surface area contributed by atoms with E-state index in [0.29, 0.717) is 17.4 Å². The van der Waals surface area contributed by atoms with Crippen LogP contribution in [-0.4, -0.2) is 87.4 Å². The average molecular weight is 799 g/mol. The van der Waals surface area contributed by atoms with Gasteiger partial charge in [-0.05, 0) is 83.5 Å². The molecule has 9 heteroatoms. The van der Waals surface area contributed by atoms with E-state index in [0.717, 1.165) is 103 Å². The standard InChI is InChI=1S/C48H79NO8/c1-6-8-10-12-14-16-18-20-21-22-23-24-25-27-29-31-33-35-37-39-46(51)57-44(43-56-48(47(52)53)54-41-40-49(3,4)5)42-55-45(50)38-36-34-32-30-28-26-19-17-15-13-11-9-7-2/h8,10-11,13-14,16-17,19-21,23-24,27,29,44,48H,6-7,9,12,15,18,22,25-26,28,30-43H2,1-5H3/p+1/b10-8-,13-11-,16-14-,19-17-,21-20-,24-23-,29-27-. The van der Waals surface area contributed by atoms with Crippen molar-refractivity contribution in [1.82, 2.24) is 0 Å². The van der Waals surface area contributed by atoms with Gasteiger partial charge in [-0.2, -0.15) is 0 Å². The predicted molar refractivity (Wildman–Crippen MR) is 235 cm³/mol. The van der Waals surface area contributed by atoms with Gasteiger partial charge >= 0.3 is 17.9 Å². The molecule has 0 aliphatic rings. The van der Waals surface area contributed by atoms with E-state index < -0.39 is 24.3 Å². The Labute approximate surface area is 347 Å². The summed E-state index contributed by atoms with van der Waals surface area (Å²) in [6.45, 7) is 4.60. The number of carboxylic acid groups (broad SMARTS) is 1. The molecule has 9 nitrogen and oxygen atoms in total. The highest BCUT2D eigenvalue weighted by atomic mass is 16.7. The molecule has 0 spiro atoms. The van der Waals surface area contributed by atoms with E-state index in [1.807, 2.05) is 21.1 Å². The number of quaternary nitrogens is 1. The number of likely N-dealkylation sites (N-methyl/N-ethyl adjacent to an activating group) is 1. The first-order valence-corrected chi connectivity index (χ1v) is 21.8. The molecule has 324 valence electrons. The van der Waals surface area contributed by atoms with Crippen molar-refractivity contribution in [2.24, 2.45) is 0 Å². The van der Waals surface area contributed by atoms with E-state index in [2.05, 4.69) is 98.9 Å². The van der Waals surface area contributed by atoms with Crippen LogP contribution in [0.2, 0.25) is 0 Å². The lowest BCUT2D eigenvalue weighted by atomic mass is 10.1. The van der Waals surface area contributed by atoms with Gasteiger partial charge in [0, 0.05) is 12.8 Å². The number of carboxylic acids is 1. The Morgan fingerprint density at radius 1 is 0.544 bits per heavy atom. The predicted octanol–water partition coefficient (Wildman–Crippen LogP) is 11.3. The molecule has 0 bridgehead atoms. The molecule has 0 saturated heterocycles. The van der Waals surface area contributed by atoms with Crippen LogP contribution in [0.25, 0.3) is 0 Å². The molecule has 0 fully saturated rings. The summed E-state index contributed by atoms with van der Waals surface area (Å²) in [7, 11) is 5.92.